The van der Waals surface area contributed by atoms with Crippen molar-refractivity contribution < 1.29 is 13.2 Å². The number of halogens is 1. The van der Waals surface area contributed by atoms with Crippen LogP contribution in [0.1, 0.15) is 38.5 Å². The molecule has 1 aromatic rings. The Morgan fingerprint density at radius 2 is 1.77 bits per heavy atom. The molecule has 1 saturated carbocycles. The molecular weight excluding hydrogens is 372 g/mol. The molecule has 1 heterocycles. The van der Waals surface area contributed by atoms with E-state index >= 15 is 0 Å². The summed E-state index contributed by atoms with van der Waals surface area (Å²) >= 11 is 0. The Hall–Kier alpha value is -0.820. The molecule has 1 aliphatic heterocycles. The lowest BCUT2D eigenvalue weighted by Gasteiger charge is -2.21. The van der Waals surface area contributed by atoms with Gasteiger partial charge in [-0.3, -0.25) is 0 Å². The molecule has 1 unspecified atom stereocenters. The van der Waals surface area contributed by atoms with Crippen molar-refractivity contribution in [3.63, 3.8) is 0 Å². The van der Waals surface area contributed by atoms with Crippen LogP contribution in [-0.2, 0) is 10.0 Å². The summed E-state index contributed by atoms with van der Waals surface area (Å²) in [6.45, 7) is 2.81. The highest BCUT2D eigenvalue weighted by Gasteiger charge is 2.32. The second kappa shape index (κ2) is 9.93. The van der Waals surface area contributed by atoms with Crippen molar-refractivity contribution in [3.8, 4) is 5.75 Å². The minimum absolute atomic E-state index is 0. The first-order valence-electron chi connectivity index (χ1n) is 9.47. The molecule has 3 rings (SSSR count). The molecule has 0 aromatic heterocycles. The van der Waals surface area contributed by atoms with Crippen molar-refractivity contribution in [3.05, 3.63) is 24.3 Å². The van der Waals surface area contributed by atoms with Crippen molar-refractivity contribution in [2.75, 3.05) is 33.3 Å². The van der Waals surface area contributed by atoms with Gasteiger partial charge in [0.05, 0.1) is 11.5 Å². The van der Waals surface area contributed by atoms with Gasteiger partial charge in [0.15, 0.2) is 0 Å². The average molecular weight is 403 g/mol. The number of nitrogens with one attached hydrogen (secondary N) is 1. The molecule has 5 nitrogen and oxygen atoms in total. The van der Waals surface area contributed by atoms with E-state index in [1.54, 1.807) is 28.6 Å². The van der Waals surface area contributed by atoms with Gasteiger partial charge < -0.3 is 10.1 Å². The maximum Gasteiger partial charge on any atom is 0.243 e. The molecule has 2 aliphatic rings. The van der Waals surface area contributed by atoms with Gasteiger partial charge in [-0.25, -0.2) is 8.42 Å². The first-order valence-corrected chi connectivity index (χ1v) is 10.9. The summed E-state index contributed by atoms with van der Waals surface area (Å²) in [6.07, 6.45) is 7.35. The lowest BCUT2D eigenvalue weighted by Crippen LogP contribution is -2.30. The van der Waals surface area contributed by atoms with Crippen LogP contribution in [0.2, 0.25) is 0 Å². The van der Waals surface area contributed by atoms with Crippen LogP contribution in [0.5, 0.6) is 5.75 Å². The fourth-order valence-corrected chi connectivity index (χ4v) is 5.43. The SMILES string of the molecule is CNCC1CCN(S(=O)(=O)c2ccc(OCC3CCCCC3)cc2)C1.Cl. The van der Waals surface area contributed by atoms with Crippen molar-refractivity contribution in [1.29, 1.82) is 0 Å². The monoisotopic (exact) mass is 402 g/mol. The van der Waals surface area contributed by atoms with Crippen molar-refractivity contribution in [2.24, 2.45) is 11.8 Å². The van der Waals surface area contributed by atoms with Crippen LogP contribution in [0.25, 0.3) is 0 Å². The number of ether oxygens (including phenoxy) is 1. The summed E-state index contributed by atoms with van der Waals surface area (Å²) in [5.41, 5.74) is 0. The van der Waals surface area contributed by atoms with Crippen LogP contribution < -0.4 is 10.1 Å². The summed E-state index contributed by atoms with van der Waals surface area (Å²) in [7, 11) is -1.49. The minimum atomic E-state index is -3.39. The Kier molecular flexibility index (Phi) is 8.20. The maximum atomic E-state index is 12.8. The van der Waals surface area contributed by atoms with Crippen LogP contribution in [0.4, 0.5) is 0 Å². The first kappa shape index (κ1) is 21.5. The highest BCUT2D eigenvalue weighted by Crippen LogP contribution is 2.27. The Balaban J connectivity index is 0.00000243. The highest BCUT2D eigenvalue weighted by atomic mass is 35.5. The number of rotatable bonds is 7. The minimum Gasteiger partial charge on any atom is -0.493 e. The van der Waals surface area contributed by atoms with Crippen molar-refractivity contribution >= 4 is 22.4 Å². The van der Waals surface area contributed by atoms with E-state index in [1.165, 1.54) is 32.1 Å². The maximum absolute atomic E-state index is 12.8. The van der Waals surface area contributed by atoms with E-state index in [0.29, 0.717) is 29.8 Å². The number of benzene rings is 1. The van der Waals surface area contributed by atoms with Gasteiger partial charge in [0.2, 0.25) is 10.0 Å². The summed E-state index contributed by atoms with van der Waals surface area (Å²) < 4.78 is 33.0. The van der Waals surface area contributed by atoms with E-state index in [4.69, 9.17) is 4.74 Å². The van der Waals surface area contributed by atoms with E-state index in [-0.39, 0.29) is 12.4 Å². The second-order valence-electron chi connectivity index (χ2n) is 7.36. The van der Waals surface area contributed by atoms with Gasteiger partial charge in [-0.15, -0.1) is 12.4 Å². The molecule has 0 radical (unpaired) electrons. The molecule has 1 N–H and O–H groups in total. The molecule has 0 spiro atoms. The van der Waals surface area contributed by atoms with Crippen LogP contribution in [0.3, 0.4) is 0 Å². The smallest absolute Gasteiger partial charge is 0.243 e. The summed E-state index contributed by atoms with van der Waals surface area (Å²) in [5, 5.41) is 3.13. The standard InChI is InChI=1S/C19H30N2O3S.ClH/c1-20-13-17-11-12-21(14-17)25(22,23)19-9-7-18(8-10-19)24-15-16-5-3-2-4-6-16;/h7-10,16-17,20H,2-6,11-15H2,1H3;1H. The molecule has 1 saturated heterocycles. The van der Waals surface area contributed by atoms with Gasteiger partial charge in [0, 0.05) is 13.1 Å². The second-order valence-corrected chi connectivity index (χ2v) is 9.30. The normalized spacial score (nSPS) is 22.1. The van der Waals surface area contributed by atoms with Gasteiger partial charge in [-0.05, 0) is 69.0 Å². The molecule has 1 aromatic carbocycles. The number of nitrogens with zero attached hydrogens (tertiary/aromatic N) is 1. The third kappa shape index (κ3) is 5.35. The van der Waals surface area contributed by atoms with Crippen LogP contribution in [-0.4, -0.2) is 46.0 Å². The molecule has 7 heteroatoms. The molecule has 1 atom stereocenters. The van der Waals surface area contributed by atoms with Gasteiger partial charge >= 0.3 is 0 Å². The van der Waals surface area contributed by atoms with Crippen LogP contribution >= 0.6 is 12.4 Å². The molecular formula is C19H31ClN2O3S. The van der Waals surface area contributed by atoms with Crippen LogP contribution in [0, 0.1) is 11.8 Å². The molecule has 148 valence electrons. The van der Waals surface area contributed by atoms with E-state index in [2.05, 4.69) is 5.32 Å². The lowest BCUT2D eigenvalue weighted by atomic mass is 9.90. The third-order valence-corrected chi connectivity index (χ3v) is 7.29. The fraction of sp³-hybridized carbons (Fsp3) is 0.684. The van der Waals surface area contributed by atoms with Crippen molar-refractivity contribution in [2.45, 2.75) is 43.4 Å². The number of sulfonamides is 1. The van der Waals surface area contributed by atoms with Gasteiger partial charge in [-0.2, -0.15) is 4.31 Å². The van der Waals surface area contributed by atoms with Gasteiger partial charge in [0.1, 0.15) is 5.75 Å². The lowest BCUT2D eigenvalue weighted by molar-refractivity contribution is 0.208. The third-order valence-electron chi connectivity index (χ3n) is 5.41. The molecule has 26 heavy (non-hydrogen) atoms. The molecule has 0 amide bonds. The predicted octanol–water partition coefficient (Wildman–Crippen LogP) is 3.30. The van der Waals surface area contributed by atoms with E-state index < -0.39 is 10.0 Å². The Morgan fingerprint density at radius 3 is 2.42 bits per heavy atom. The van der Waals surface area contributed by atoms with Gasteiger partial charge in [-0.1, -0.05) is 19.3 Å². The largest absolute Gasteiger partial charge is 0.493 e. The zero-order chi connectivity index (χ0) is 17.7. The number of hydrogen-bond donors (Lipinski definition) is 1. The van der Waals surface area contributed by atoms with E-state index in [1.807, 2.05) is 7.05 Å². The zero-order valence-corrected chi connectivity index (χ0v) is 17.2. The molecule has 0 bridgehead atoms. The Morgan fingerprint density at radius 1 is 1.08 bits per heavy atom. The fourth-order valence-electron chi connectivity index (χ4n) is 3.90. The topological polar surface area (TPSA) is 58.6 Å². The zero-order valence-electron chi connectivity index (χ0n) is 15.5. The van der Waals surface area contributed by atoms with E-state index in [9.17, 15) is 8.42 Å². The predicted molar refractivity (Wildman–Crippen MR) is 107 cm³/mol. The summed E-state index contributed by atoms with van der Waals surface area (Å²) in [4.78, 5) is 0.364. The summed E-state index contributed by atoms with van der Waals surface area (Å²) in [6, 6.07) is 6.93. The highest BCUT2D eigenvalue weighted by molar-refractivity contribution is 7.89. The molecule has 2 fully saturated rings. The van der Waals surface area contributed by atoms with E-state index in [0.717, 1.165) is 25.3 Å². The quantitative estimate of drug-likeness (QED) is 0.760. The first-order chi connectivity index (χ1) is 12.1. The van der Waals surface area contributed by atoms with Gasteiger partial charge in [0.25, 0.3) is 0 Å². The summed E-state index contributed by atoms with van der Waals surface area (Å²) in [5.74, 6) is 1.81. The van der Waals surface area contributed by atoms with Crippen molar-refractivity contribution in [1.82, 2.24) is 9.62 Å². The Bertz CT molecular complexity index is 645. The van der Waals surface area contributed by atoms with Crippen LogP contribution in [0.15, 0.2) is 29.2 Å². The number of hydrogen-bond acceptors (Lipinski definition) is 4. The average Bonchev–Trinajstić information content (AvgIpc) is 3.11. The molecule has 1 aliphatic carbocycles. The Labute approximate surface area is 164 Å².